The van der Waals surface area contributed by atoms with Crippen LogP contribution in [0.1, 0.15) is 65.2 Å². The van der Waals surface area contributed by atoms with E-state index < -0.39 is 0 Å². The lowest BCUT2D eigenvalue weighted by Gasteiger charge is -2.30. The van der Waals surface area contributed by atoms with E-state index in [1.54, 1.807) is 0 Å². The van der Waals surface area contributed by atoms with Gasteiger partial charge in [-0.3, -0.25) is 4.79 Å². The van der Waals surface area contributed by atoms with Crippen molar-refractivity contribution in [2.24, 2.45) is 11.8 Å². The van der Waals surface area contributed by atoms with Gasteiger partial charge in [0.15, 0.2) is 0 Å². The van der Waals surface area contributed by atoms with Crippen molar-refractivity contribution in [1.29, 1.82) is 0 Å². The lowest BCUT2D eigenvalue weighted by Crippen LogP contribution is -2.26. The summed E-state index contributed by atoms with van der Waals surface area (Å²) in [4.78, 5) is 11.4. The van der Waals surface area contributed by atoms with Crippen LogP contribution in [0.4, 0.5) is 0 Å². The summed E-state index contributed by atoms with van der Waals surface area (Å²) >= 11 is 0. The summed E-state index contributed by atoms with van der Waals surface area (Å²) in [5.74, 6) is 0.943. The third-order valence-corrected chi connectivity index (χ3v) is 3.93. The second-order valence-electron chi connectivity index (χ2n) is 5.71. The molecule has 106 valence electrons. The van der Waals surface area contributed by atoms with Gasteiger partial charge < -0.3 is 9.84 Å². The van der Waals surface area contributed by atoms with Gasteiger partial charge in [-0.25, -0.2) is 0 Å². The molecule has 0 spiro atoms. The Bertz CT molecular complexity index is 240. The van der Waals surface area contributed by atoms with Crippen LogP contribution in [0, 0.1) is 11.8 Å². The first-order chi connectivity index (χ1) is 8.63. The molecule has 0 aromatic heterocycles. The summed E-state index contributed by atoms with van der Waals surface area (Å²) in [6.45, 7) is 4.84. The van der Waals surface area contributed by atoms with Crippen molar-refractivity contribution >= 4 is 5.97 Å². The van der Waals surface area contributed by atoms with Crippen molar-refractivity contribution < 1.29 is 14.6 Å². The average molecular weight is 256 g/mol. The maximum Gasteiger partial charge on any atom is 0.305 e. The average Bonchev–Trinajstić information content (AvgIpc) is 2.36. The third kappa shape index (κ3) is 5.85. The summed E-state index contributed by atoms with van der Waals surface area (Å²) in [6, 6.07) is 0. The molecule has 1 aliphatic carbocycles. The highest BCUT2D eigenvalue weighted by molar-refractivity contribution is 5.69. The SMILES string of the molecule is CCCCOC(=O)CCC(O)C1CCCC(C)C1. The van der Waals surface area contributed by atoms with Crippen molar-refractivity contribution in [3.8, 4) is 0 Å². The summed E-state index contributed by atoms with van der Waals surface area (Å²) in [5, 5.41) is 10.1. The molecule has 0 aromatic rings. The molecule has 0 aromatic carbocycles. The molecule has 1 N–H and O–H groups in total. The van der Waals surface area contributed by atoms with Crippen molar-refractivity contribution in [1.82, 2.24) is 0 Å². The first kappa shape index (κ1) is 15.5. The van der Waals surface area contributed by atoms with E-state index in [2.05, 4.69) is 13.8 Å². The zero-order valence-electron chi connectivity index (χ0n) is 11.9. The Hall–Kier alpha value is -0.570. The molecule has 0 aliphatic heterocycles. The first-order valence-electron chi connectivity index (χ1n) is 7.47. The Morgan fingerprint density at radius 2 is 2.22 bits per heavy atom. The number of unbranched alkanes of at least 4 members (excludes halogenated alkanes) is 1. The Morgan fingerprint density at radius 1 is 1.44 bits per heavy atom. The molecule has 0 saturated heterocycles. The number of aliphatic hydroxyl groups excluding tert-OH is 1. The van der Waals surface area contributed by atoms with Crippen molar-refractivity contribution in [3.63, 3.8) is 0 Å². The van der Waals surface area contributed by atoms with Crippen LogP contribution >= 0.6 is 0 Å². The minimum atomic E-state index is -0.327. The number of hydrogen-bond donors (Lipinski definition) is 1. The van der Waals surface area contributed by atoms with E-state index >= 15 is 0 Å². The first-order valence-corrected chi connectivity index (χ1v) is 7.47. The fraction of sp³-hybridized carbons (Fsp3) is 0.933. The Kier molecular flexibility index (Phi) is 7.33. The minimum Gasteiger partial charge on any atom is -0.466 e. The highest BCUT2D eigenvalue weighted by Crippen LogP contribution is 2.32. The molecular formula is C15H28O3. The second kappa shape index (κ2) is 8.52. The van der Waals surface area contributed by atoms with E-state index in [4.69, 9.17) is 4.74 Å². The van der Waals surface area contributed by atoms with Gasteiger partial charge in [0, 0.05) is 6.42 Å². The van der Waals surface area contributed by atoms with Gasteiger partial charge in [-0.1, -0.05) is 33.1 Å². The fourth-order valence-corrected chi connectivity index (χ4v) is 2.73. The van der Waals surface area contributed by atoms with Crippen molar-refractivity contribution in [3.05, 3.63) is 0 Å². The lowest BCUT2D eigenvalue weighted by atomic mass is 9.78. The topological polar surface area (TPSA) is 46.5 Å². The van der Waals surface area contributed by atoms with Gasteiger partial charge in [0.1, 0.15) is 0 Å². The lowest BCUT2D eigenvalue weighted by molar-refractivity contribution is -0.144. The van der Waals surface area contributed by atoms with Crippen LogP contribution in [0.5, 0.6) is 0 Å². The Morgan fingerprint density at radius 3 is 2.89 bits per heavy atom. The normalized spacial score (nSPS) is 25.7. The molecule has 1 aliphatic rings. The molecule has 0 amide bonds. The van der Waals surface area contributed by atoms with Crippen LogP contribution in [-0.2, 0) is 9.53 Å². The molecule has 0 radical (unpaired) electrons. The minimum absolute atomic E-state index is 0.161. The molecule has 3 atom stereocenters. The Balaban J connectivity index is 2.15. The van der Waals surface area contributed by atoms with Crippen LogP contribution in [-0.4, -0.2) is 23.8 Å². The van der Waals surface area contributed by atoms with E-state index in [1.807, 2.05) is 0 Å². The highest BCUT2D eigenvalue weighted by Gasteiger charge is 2.25. The smallest absolute Gasteiger partial charge is 0.305 e. The summed E-state index contributed by atoms with van der Waals surface area (Å²) in [7, 11) is 0. The molecule has 0 bridgehead atoms. The number of aliphatic hydroxyl groups is 1. The predicted molar refractivity (Wildman–Crippen MR) is 72.2 cm³/mol. The second-order valence-corrected chi connectivity index (χ2v) is 5.71. The largest absolute Gasteiger partial charge is 0.466 e. The Labute approximate surface area is 111 Å². The number of carbonyl (C=O) groups excluding carboxylic acids is 1. The number of hydrogen-bond acceptors (Lipinski definition) is 3. The van der Waals surface area contributed by atoms with Crippen LogP contribution in [0.15, 0.2) is 0 Å². The summed E-state index contributed by atoms with van der Waals surface area (Å²) in [6.07, 6.45) is 7.25. The van der Waals surface area contributed by atoms with Crippen LogP contribution in [0.3, 0.4) is 0 Å². The van der Waals surface area contributed by atoms with E-state index in [1.165, 1.54) is 12.8 Å². The maximum atomic E-state index is 11.4. The quantitative estimate of drug-likeness (QED) is 0.561. The van der Waals surface area contributed by atoms with Gasteiger partial charge in [0.05, 0.1) is 12.7 Å². The molecule has 3 heteroatoms. The summed E-state index contributed by atoms with van der Waals surface area (Å²) < 4.78 is 5.09. The van der Waals surface area contributed by atoms with Crippen LogP contribution < -0.4 is 0 Å². The molecule has 1 fully saturated rings. The highest BCUT2D eigenvalue weighted by atomic mass is 16.5. The number of ether oxygens (including phenoxy) is 1. The van der Waals surface area contributed by atoms with Gasteiger partial charge in [-0.05, 0) is 37.5 Å². The molecule has 3 unspecified atom stereocenters. The van der Waals surface area contributed by atoms with Crippen LogP contribution in [0.2, 0.25) is 0 Å². The van der Waals surface area contributed by atoms with E-state index in [-0.39, 0.29) is 12.1 Å². The molecule has 3 nitrogen and oxygen atoms in total. The maximum absolute atomic E-state index is 11.4. The zero-order valence-corrected chi connectivity index (χ0v) is 11.9. The van der Waals surface area contributed by atoms with Crippen molar-refractivity contribution in [2.75, 3.05) is 6.61 Å². The molecule has 18 heavy (non-hydrogen) atoms. The molecular weight excluding hydrogens is 228 g/mol. The van der Waals surface area contributed by atoms with Gasteiger partial charge in [0.2, 0.25) is 0 Å². The number of carbonyl (C=O) groups is 1. The van der Waals surface area contributed by atoms with Crippen LogP contribution in [0.25, 0.3) is 0 Å². The summed E-state index contributed by atoms with van der Waals surface area (Å²) in [5.41, 5.74) is 0. The molecule has 0 heterocycles. The number of esters is 1. The molecule has 1 rings (SSSR count). The standard InChI is InChI=1S/C15H28O3/c1-3-4-10-18-15(17)9-8-14(16)13-7-5-6-12(2)11-13/h12-14,16H,3-11H2,1-2H3. The van der Waals surface area contributed by atoms with Gasteiger partial charge in [-0.2, -0.15) is 0 Å². The fourth-order valence-electron chi connectivity index (χ4n) is 2.73. The van der Waals surface area contributed by atoms with Gasteiger partial charge in [-0.15, -0.1) is 0 Å². The van der Waals surface area contributed by atoms with Gasteiger partial charge >= 0.3 is 5.97 Å². The predicted octanol–water partition coefficient (Wildman–Crippen LogP) is 3.30. The molecule has 1 saturated carbocycles. The van der Waals surface area contributed by atoms with Gasteiger partial charge in [0.25, 0.3) is 0 Å². The van der Waals surface area contributed by atoms with E-state index in [9.17, 15) is 9.90 Å². The number of rotatable bonds is 7. The van der Waals surface area contributed by atoms with E-state index in [0.29, 0.717) is 25.4 Å². The third-order valence-electron chi connectivity index (χ3n) is 3.93. The monoisotopic (exact) mass is 256 g/mol. The van der Waals surface area contributed by atoms with Crippen molar-refractivity contribution in [2.45, 2.75) is 71.3 Å². The van der Waals surface area contributed by atoms with E-state index in [0.717, 1.165) is 31.6 Å². The zero-order chi connectivity index (χ0) is 13.4.